The minimum atomic E-state index is -2.06. The van der Waals surface area contributed by atoms with Crippen LogP contribution in [0.15, 0.2) is 46.2 Å². The molecule has 1 aliphatic carbocycles. The minimum Gasteiger partial charge on any atom is -0.444 e. The van der Waals surface area contributed by atoms with E-state index in [1.807, 2.05) is 20.8 Å². The molecule has 0 spiro atoms. The summed E-state index contributed by atoms with van der Waals surface area (Å²) in [6.45, 7) is 23.9. The first kappa shape index (κ1) is 40.8. The molecular formula is C41H58FN3O6SSi. The number of likely N-dealkylation sites (tertiary alicyclic amines) is 1. The number of pyridine rings is 1. The summed E-state index contributed by atoms with van der Waals surface area (Å²) in [6.07, 6.45) is 4.17. The van der Waals surface area contributed by atoms with E-state index in [0.29, 0.717) is 71.4 Å². The van der Waals surface area contributed by atoms with E-state index in [4.69, 9.17) is 9.16 Å². The smallest absolute Gasteiger partial charge is 0.410 e. The third-order valence-corrected chi connectivity index (χ3v) is 17.0. The van der Waals surface area contributed by atoms with Crippen LogP contribution in [0.3, 0.4) is 0 Å². The molecule has 53 heavy (non-hydrogen) atoms. The van der Waals surface area contributed by atoms with Crippen molar-refractivity contribution >= 4 is 41.9 Å². The Balaban J connectivity index is 1.54. The Bertz CT molecular complexity index is 1970. The van der Waals surface area contributed by atoms with Crippen LogP contribution in [0.1, 0.15) is 97.0 Å². The molecule has 1 saturated heterocycles. The number of nitrogens with zero attached hydrogens (tertiary/aromatic N) is 2. The van der Waals surface area contributed by atoms with Crippen molar-refractivity contribution in [1.29, 1.82) is 0 Å². The zero-order valence-electron chi connectivity index (χ0n) is 33.4. The molecule has 1 aliphatic heterocycles. The third-order valence-electron chi connectivity index (χ3n) is 10.7. The lowest BCUT2D eigenvalue weighted by atomic mass is 9.94. The number of hydrogen-bond donors (Lipinski definition) is 1. The quantitative estimate of drug-likeness (QED) is 0.207. The summed E-state index contributed by atoms with van der Waals surface area (Å²) < 4.78 is 43.8. The normalized spacial score (nSPS) is 16.9. The SMILES string of the molecule is Cc1c(F)cc(C(=O)NC2CC2)cc1-c1ccc2c(=O)n(CC(C)(C)CO[Si](C)(C)C(C)(C)C)cc(S(=O)C3CCN(C(=O)OC(C)(C)C)CC3)c2c1. The molecule has 0 radical (unpaired) electrons. The van der Waals surface area contributed by atoms with Crippen LogP contribution >= 0.6 is 0 Å². The second kappa shape index (κ2) is 15.1. The van der Waals surface area contributed by atoms with Gasteiger partial charge in [-0.2, -0.15) is 0 Å². The molecule has 2 amide bonds. The maximum atomic E-state index is 15.3. The van der Waals surface area contributed by atoms with Crippen LogP contribution in [0.5, 0.6) is 0 Å². The van der Waals surface area contributed by atoms with Gasteiger partial charge in [0.05, 0.1) is 15.7 Å². The number of rotatable bonds is 10. The van der Waals surface area contributed by atoms with Gasteiger partial charge < -0.3 is 23.9 Å². The number of nitrogens with one attached hydrogen (secondary N) is 1. The molecule has 1 unspecified atom stereocenters. The van der Waals surface area contributed by atoms with Crippen LogP contribution in [0.25, 0.3) is 21.9 Å². The van der Waals surface area contributed by atoms with Crippen molar-refractivity contribution < 1.29 is 27.4 Å². The molecule has 2 aromatic carbocycles. The summed E-state index contributed by atoms with van der Waals surface area (Å²) in [5, 5.41) is 3.64. The molecule has 2 fully saturated rings. The third kappa shape index (κ3) is 9.67. The molecule has 12 heteroatoms. The number of aromatic nitrogens is 1. The first-order valence-electron chi connectivity index (χ1n) is 18.8. The maximum absolute atomic E-state index is 15.3. The number of halogens is 1. The summed E-state index contributed by atoms with van der Waals surface area (Å²) in [7, 11) is -3.61. The number of hydrogen-bond acceptors (Lipinski definition) is 6. The van der Waals surface area contributed by atoms with Gasteiger partial charge in [0.1, 0.15) is 11.4 Å². The van der Waals surface area contributed by atoms with Gasteiger partial charge in [-0.3, -0.25) is 13.8 Å². The Labute approximate surface area is 317 Å². The van der Waals surface area contributed by atoms with Gasteiger partial charge in [0, 0.05) is 65.5 Å². The predicted octanol–water partition coefficient (Wildman–Crippen LogP) is 8.56. The lowest BCUT2D eigenvalue weighted by Gasteiger charge is -2.39. The predicted molar refractivity (Wildman–Crippen MR) is 213 cm³/mol. The molecule has 1 N–H and O–H groups in total. The fourth-order valence-corrected chi connectivity index (χ4v) is 9.07. The van der Waals surface area contributed by atoms with Crippen LogP contribution < -0.4 is 10.9 Å². The topological polar surface area (TPSA) is 107 Å². The van der Waals surface area contributed by atoms with E-state index in [9.17, 15) is 18.6 Å². The van der Waals surface area contributed by atoms with Crippen molar-refractivity contribution in [3.8, 4) is 11.1 Å². The van der Waals surface area contributed by atoms with E-state index in [0.717, 1.165) is 12.8 Å². The monoisotopic (exact) mass is 767 g/mol. The van der Waals surface area contributed by atoms with Crippen LogP contribution in [-0.4, -0.2) is 70.6 Å². The number of ether oxygens (including phenoxy) is 1. The highest BCUT2D eigenvalue weighted by atomic mass is 32.2. The second-order valence-electron chi connectivity index (χ2n) is 18.2. The van der Waals surface area contributed by atoms with Crippen LogP contribution in [-0.2, 0) is 26.5 Å². The molecule has 2 aliphatic rings. The zero-order valence-corrected chi connectivity index (χ0v) is 35.2. The fourth-order valence-electron chi connectivity index (χ4n) is 6.27. The molecule has 3 aromatic rings. The maximum Gasteiger partial charge on any atom is 0.410 e. The van der Waals surface area contributed by atoms with E-state index in [2.05, 4.69) is 53.0 Å². The van der Waals surface area contributed by atoms with Gasteiger partial charge in [-0.05, 0) is 112 Å². The van der Waals surface area contributed by atoms with Crippen molar-refractivity contribution in [2.75, 3.05) is 19.7 Å². The lowest BCUT2D eigenvalue weighted by molar-refractivity contribution is 0.0218. The number of carbonyl (C=O) groups excluding carboxylic acids is 2. The van der Waals surface area contributed by atoms with Crippen LogP contribution in [0.2, 0.25) is 18.1 Å². The van der Waals surface area contributed by atoms with Crippen molar-refractivity contribution in [3.05, 3.63) is 63.8 Å². The number of carbonyl (C=O) groups is 2. The Morgan fingerprint density at radius 3 is 2.19 bits per heavy atom. The van der Waals surface area contributed by atoms with E-state index in [-0.39, 0.29) is 39.5 Å². The van der Waals surface area contributed by atoms with Gasteiger partial charge in [-0.15, -0.1) is 0 Å². The highest BCUT2D eigenvalue weighted by molar-refractivity contribution is 7.86. The Morgan fingerprint density at radius 1 is 0.962 bits per heavy atom. The van der Waals surface area contributed by atoms with Crippen LogP contribution in [0.4, 0.5) is 9.18 Å². The van der Waals surface area contributed by atoms with Crippen molar-refractivity contribution in [2.24, 2.45) is 5.41 Å². The molecule has 1 atom stereocenters. The number of benzene rings is 2. The lowest BCUT2D eigenvalue weighted by Crippen LogP contribution is -2.44. The Hall–Kier alpha value is -3.35. The molecule has 2 heterocycles. The molecule has 9 nitrogen and oxygen atoms in total. The van der Waals surface area contributed by atoms with Crippen LogP contribution in [0, 0.1) is 18.2 Å². The average molecular weight is 768 g/mol. The first-order valence-corrected chi connectivity index (χ1v) is 22.9. The molecule has 5 rings (SSSR count). The van der Waals surface area contributed by atoms with E-state index in [1.54, 1.807) is 46.9 Å². The van der Waals surface area contributed by atoms with Gasteiger partial charge in [-0.1, -0.05) is 40.7 Å². The summed E-state index contributed by atoms with van der Waals surface area (Å²) in [5.74, 6) is -0.822. The zero-order chi connectivity index (χ0) is 39.3. The largest absolute Gasteiger partial charge is 0.444 e. The summed E-state index contributed by atoms with van der Waals surface area (Å²) >= 11 is 0. The molecule has 0 bridgehead atoms. The van der Waals surface area contributed by atoms with Gasteiger partial charge >= 0.3 is 6.09 Å². The van der Waals surface area contributed by atoms with Crippen molar-refractivity contribution in [3.63, 3.8) is 0 Å². The van der Waals surface area contributed by atoms with Gasteiger partial charge in [0.25, 0.3) is 11.5 Å². The van der Waals surface area contributed by atoms with Gasteiger partial charge in [0.15, 0.2) is 8.32 Å². The number of piperidine rings is 1. The summed E-state index contributed by atoms with van der Waals surface area (Å²) in [6, 6.07) is 8.37. The Morgan fingerprint density at radius 2 is 1.60 bits per heavy atom. The number of fused-ring (bicyclic) bond motifs is 1. The molecule has 290 valence electrons. The second-order valence-corrected chi connectivity index (χ2v) is 24.8. The highest BCUT2D eigenvalue weighted by Gasteiger charge is 2.39. The first-order chi connectivity index (χ1) is 24.5. The van der Waals surface area contributed by atoms with Crippen molar-refractivity contribution in [2.45, 2.75) is 134 Å². The highest BCUT2D eigenvalue weighted by Crippen LogP contribution is 2.38. The number of amides is 2. The summed E-state index contributed by atoms with van der Waals surface area (Å²) in [4.78, 5) is 42.1. The molecule has 1 saturated carbocycles. The fraction of sp³-hybridized carbons (Fsp3) is 0.585. The summed E-state index contributed by atoms with van der Waals surface area (Å²) in [5.41, 5.74) is 0.506. The molecular weight excluding hydrogens is 710 g/mol. The van der Waals surface area contributed by atoms with E-state index in [1.165, 1.54) is 6.07 Å². The van der Waals surface area contributed by atoms with E-state index >= 15 is 4.39 Å². The Kier molecular flexibility index (Phi) is 11.6. The van der Waals surface area contributed by atoms with Gasteiger partial charge in [-0.25, -0.2) is 9.18 Å². The van der Waals surface area contributed by atoms with Crippen molar-refractivity contribution in [1.82, 2.24) is 14.8 Å². The van der Waals surface area contributed by atoms with Gasteiger partial charge in [0.2, 0.25) is 0 Å². The average Bonchev–Trinajstić information content (AvgIpc) is 3.88. The van der Waals surface area contributed by atoms with E-state index < -0.39 is 36.0 Å². The minimum absolute atomic E-state index is 0.0332. The standard InChI is InChI=1S/C41H58FN3O6SSi/c1-26-32(21-28(22-34(26)42)36(46)43-29-13-14-29)27-12-15-31-33(20-27)35(52(49)30-16-18-44(19-17-30)38(48)51-39(2,3)4)23-45(37(31)47)24-41(8,9)25-50-53(10,11)40(5,6)7/h12,15,20-23,29-30H,13-14,16-19,24-25H2,1-11H3,(H,43,46). The molecule has 1 aromatic heterocycles.